The maximum Gasteiger partial charge on any atom is 0.313 e. The van der Waals surface area contributed by atoms with E-state index in [9.17, 15) is 14.0 Å². The van der Waals surface area contributed by atoms with E-state index < -0.39 is 17.6 Å². The molecular formula is C20H21Cl2FN4O2. The van der Waals surface area contributed by atoms with Gasteiger partial charge < -0.3 is 15.5 Å². The van der Waals surface area contributed by atoms with Crippen LogP contribution in [0.1, 0.15) is 0 Å². The number of rotatable bonds is 5. The SMILES string of the molecule is O=C(NCCN1CCN(c2ccc(Cl)cc2)CC1)C(=O)Nc1ccc(F)c(Cl)c1. The maximum atomic E-state index is 13.1. The van der Waals surface area contributed by atoms with Crippen LogP contribution >= 0.6 is 23.2 Å². The molecule has 2 aromatic rings. The molecule has 2 aromatic carbocycles. The van der Waals surface area contributed by atoms with Crippen molar-refractivity contribution in [2.24, 2.45) is 0 Å². The van der Waals surface area contributed by atoms with Crippen molar-refractivity contribution in [1.29, 1.82) is 0 Å². The molecule has 29 heavy (non-hydrogen) atoms. The van der Waals surface area contributed by atoms with Gasteiger partial charge >= 0.3 is 11.8 Å². The number of carbonyl (C=O) groups is 2. The summed E-state index contributed by atoms with van der Waals surface area (Å²) in [5.74, 6) is -2.16. The largest absolute Gasteiger partial charge is 0.369 e. The summed E-state index contributed by atoms with van der Waals surface area (Å²) in [6, 6.07) is 11.5. The summed E-state index contributed by atoms with van der Waals surface area (Å²) in [6.45, 7) is 4.48. The predicted molar refractivity (Wildman–Crippen MR) is 113 cm³/mol. The Balaban J connectivity index is 1.37. The van der Waals surface area contributed by atoms with Gasteiger partial charge in [-0.15, -0.1) is 0 Å². The average molecular weight is 439 g/mol. The fourth-order valence-corrected chi connectivity index (χ4v) is 3.36. The molecule has 0 bridgehead atoms. The minimum atomic E-state index is -0.819. The molecule has 1 saturated heterocycles. The van der Waals surface area contributed by atoms with Crippen molar-refractivity contribution in [1.82, 2.24) is 10.2 Å². The van der Waals surface area contributed by atoms with Crippen LogP contribution in [-0.2, 0) is 9.59 Å². The Kier molecular flexibility index (Phi) is 7.30. The van der Waals surface area contributed by atoms with E-state index in [1.165, 1.54) is 12.1 Å². The third kappa shape index (κ3) is 6.06. The highest BCUT2D eigenvalue weighted by molar-refractivity contribution is 6.39. The number of hydrogen-bond acceptors (Lipinski definition) is 4. The summed E-state index contributed by atoms with van der Waals surface area (Å²) in [7, 11) is 0. The minimum Gasteiger partial charge on any atom is -0.369 e. The maximum absolute atomic E-state index is 13.1. The number of nitrogens with zero attached hydrogens (tertiary/aromatic N) is 2. The van der Waals surface area contributed by atoms with Crippen LogP contribution in [0.25, 0.3) is 0 Å². The molecular weight excluding hydrogens is 418 g/mol. The van der Waals surface area contributed by atoms with E-state index in [0.29, 0.717) is 13.1 Å². The van der Waals surface area contributed by atoms with E-state index in [-0.39, 0.29) is 10.7 Å². The predicted octanol–water partition coefficient (Wildman–Crippen LogP) is 3.01. The van der Waals surface area contributed by atoms with Gasteiger partial charge in [0.15, 0.2) is 0 Å². The van der Waals surface area contributed by atoms with Gasteiger partial charge in [-0.3, -0.25) is 14.5 Å². The zero-order valence-electron chi connectivity index (χ0n) is 15.6. The van der Waals surface area contributed by atoms with Crippen molar-refractivity contribution in [3.8, 4) is 0 Å². The zero-order valence-corrected chi connectivity index (χ0v) is 17.1. The van der Waals surface area contributed by atoms with Gasteiger partial charge in [0, 0.05) is 55.7 Å². The van der Waals surface area contributed by atoms with Crippen molar-refractivity contribution in [3.63, 3.8) is 0 Å². The molecule has 0 atom stereocenters. The second kappa shape index (κ2) is 9.91. The number of anilines is 2. The number of halogens is 3. The molecule has 0 aromatic heterocycles. The molecule has 0 saturated carbocycles. The van der Waals surface area contributed by atoms with Crippen molar-refractivity contribution < 1.29 is 14.0 Å². The Morgan fingerprint density at radius 1 is 0.966 bits per heavy atom. The van der Waals surface area contributed by atoms with E-state index in [1.54, 1.807) is 0 Å². The van der Waals surface area contributed by atoms with E-state index in [0.717, 1.165) is 43.0 Å². The minimum absolute atomic E-state index is 0.124. The first-order chi connectivity index (χ1) is 13.9. The molecule has 9 heteroatoms. The normalized spacial score (nSPS) is 14.5. The molecule has 1 heterocycles. The van der Waals surface area contributed by atoms with Crippen molar-refractivity contribution >= 4 is 46.4 Å². The van der Waals surface area contributed by atoms with Crippen LogP contribution in [0.2, 0.25) is 10.0 Å². The summed E-state index contributed by atoms with van der Waals surface area (Å²) in [5, 5.41) is 5.58. The third-order valence-electron chi connectivity index (χ3n) is 4.66. The highest BCUT2D eigenvalue weighted by Gasteiger charge is 2.18. The van der Waals surface area contributed by atoms with E-state index in [2.05, 4.69) is 20.4 Å². The quantitative estimate of drug-likeness (QED) is 0.704. The lowest BCUT2D eigenvalue weighted by atomic mass is 10.2. The van der Waals surface area contributed by atoms with E-state index in [4.69, 9.17) is 23.2 Å². The molecule has 154 valence electrons. The van der Waals surface area contributed by atoms with Gasteiger partial charge in [0.25, 0.3) is 0 Å². The highest BCUT2D eigenvalue weighted by atomic mass is 35.5. The monoisotopic (exact) mass is 438 g/mol. The first kappa shape index (κ1) is 21.4. The molecule has 1 aliphatic rings. The number of piperazine rings is 1. The van der Waals surface area contributed by atoms with Gasteiger partial charge in [-0.05, 0) is 42.5 Å². The molecule has 1 fully saturated rings. The smallest absolute Gasteiger partial charge is 0.313 e. The molecule has 1 aliphatic heterocycles. The average Bonchev–Trinajstić information content (AvgIpc) is 2.72. The molecule has 0 radical (unpaired) electrons. The van der Waals surface area contributed by atoms with Gasteiger partial charge in [-0.25, -0.2) is 4.39 Å². The number of benzene rings is 2. The Bertz CT molecular complexity index is 871. The van der Waals surface area contributed by atoms with Crippen LogP contribution < -0.4 is 15.5 Å². The second-order valence-electron chi connectivity index (χ2n) is 6.64. The van der Waals surface area contributed by atoms with Crippen LogP contribution in [0, 0.1) is 5.82 Å². The van der Waals surface area contributed by atoms with Gasteiger partial charge in [0.2, 0.25) is 0 Å². The number of hydrogen-bond donors (Lipinski definition) is 2. The first-order valence-electron chi connectivity index (χ1n) is 9.19. The molecule has 6 nitrogen and oxygen atoms in total. The summed E-state index contributed by atoms with van der Waals surface area (Å²) in [6.07, 6.45) is 0. The lowest BCUT2D eigenvalue weighted by molar-refractivity contribution is -0.136. The van der Waals surface area contributed by atoms with Crippen molar-refractivity contribution in [2.75, 3.05) is 49.5 Å². The first-order valence-corrected chi connectivity index (χ1v) is 9.95. The Labute approximate surface area is 178 Å². The number of carbonyl (C=O) groups excluding carboxylic acids is 2. The van der Waals surface area contributed by atoms with Crippen LogP contribution in [0.4, 0.5) is 15.8 Å². The molecule has 0 aliphatic carbocycles. The summed E-state index contributed by atoms with van der Waals surface area (Å²) in [4.78, 5) is 28.4. The lowest BCUT2D eigenvalue weighted by Crippen LogP contribution is -2.49. The number of amides is 2. The lowest BCUT2D eigenvalue weighted by Gasteiger charge is -2.36. The van der Waals surface area contributed by atoms with E-state index in [1.807, 2.05) is 24.3 Å². The molecule has 0 unspecified atom stereocenters. The number of nitrogens with one attached hydrogen (secondary N) is 2. The Morgan fingerprint density at radius 3 is 2.31 bits per heavy atom. The second-order valence-corrected chi connectivity index (χ2v) is 7.49. The molecule has 2 amide bonds. The summed E-state index contributed by atoms with van der Waals surface area (Å²) in [5.41, 5.74) is 1.40. The van der Waals surface area contributed by atoms with Gasteiger partial charge in [0.1, 0.15) is 5.82 Å². The van der Waals surface area contributed by atoms with Crippen molar-refractivity contribution in [2.45, 2.75) is 0 Å². The van der Waals surface area contributed by atoms with Gasteiger partial charge in [-0.2, -0.15) is 0 Å². The fraction of sp³-hybridized carbons (Fsp3) is 0.300. The standard InChI is InChI=1S/C20H21Cl2FN4O2/c21-14-1-4-16(5-2-14)27-11-9-26(10-12-27)8-7-24-19(28)20(29)25-15-3-6-18(23)17(22)13-15/h1-6,13H,7-12H2,(H,24,28)(H,25,29). The highest BCUT2D eigenvalue weighted by Crippen LogP contribution is 2.20. The van der Waals surface area contributed by atoms with Gasteiger partial charge in [-0.1, -0.05) is 23.2 Å². The van der Waals surface area contributed by atoms with Crippen LogP contribution in [-0.4, -0.2) is 56.0 Å². The topological polar surface area (TPSA) is 64.7 Å². The van der Waals surface area contributed by atoms with Crippen molar-refractivity contribution in [3.05, 3.63) is 58.3 Å². The Morgan fingerprint density at radius 2 is 1.66 bits per heavy atom. The van der Waals surface area contributed by atoms with Gasteiger partial charge in [0.05, 0.1) is 5.02 Å². The summed E-state index contributed by atoms with van der Waals surface area (Å²) < 4.78 is 13.1. The molecule has 0 spiro atoms. The fourth-order valence-electron chi connectivity index (χ4n) is 3.05. The third-order valence-corrected chi connectivity index (χ3v) is 5.20. The summed E-state index contributed by atoms with van der Waals surface area (Å²) >= 11 is 11.6. The van der Waals surface area contributed by atoms with Crippen LogP contribution in [0.5, 0.6) is 0 Å². The zero-order chi connectivity index (χ0) is 20.8. The molecule has 3 rings (SSSR count). The van der Waals surface area contributed by atoms with Crippen LogP contribution in [0.3, 0.4) is 0 Å². The molecule has 2 N–H and O–H groups in total. The van der Waals surface area contributed by atoms with Crippen LogP contribution in [0.15, 0.2) is 42.5 Å². The van der Waals surface area contributed by atoms with E-state index >= 15 is 0 Å². The Hall–Kier alpha value is -2.35.